The van der Waals surface area contributed by atoms with Crippen LogP contribution >= 0.6 is 0 Å². The van der Waals surface area contributed by atoms with Gasteiger partial charge >= 0.3 is 0 Å². The Hall–Kier alpha value is -3.22. The third-order valence-corrected chi connectivity index (χ3v) is 4.33. The van der Waals surface area contributed by atoms with Crippen LogP contribution in [-0.2, 0) is 6.54 Å². The predicted octanol–water partition coefficient (Wildman–Crippen LogP) is 2.92. The summed E-state index contributed by atoms with van der Waals surface area (Å²) in [7, 11) is 5.12. The highest BCUT2D eigenvalue weighted by molar-refractivity contribution is 5.93. The van der Waals surface area contributed by atoms with Gasteiger partial charge in [0.2, 0.25) is 0 Å². The first kappa shape index (κ1) is 23.1. The monoisotopic (exact) mass is 412 g/mol. The van der Waals surface area contributed by atoms with Gasteiger partial charge in [-0.15, -0.1) is 0 Å². The molecule has 1 atom stereocenters. The standard InChI is InChI=1S/C23H32N4O3/c1-6-24-23(25-15-17(2)30-21-10-8-7-9-20(21)29-5)26-16-18-11-13-19(14-12-18)22(28)27(3)4/h7-14,17H,6,15-16H2,1-5H3,(H2,24,25,26). The maximum absolute atomic E-state index is 12.0. The maximum atomic E-state index is 12.0. The molecule has 1 unspecified atom stereocenters. The lowest BCUT2D eigenvalue weighted by atomic mass is 10.1. The Morgan fingerprint density at radius 2 is 1.73 bits per heavy atom. The van der Waals surface area contributed by atoms with Gasteiger partial charge in [-0.05, 0) is 43.7 Å². The quantitative estimate of drug-likeness (QED) is 0.489. The van der Waals surface area contributed by atoms with Crippen LogP contribution in [0.3, 0.4) is 0 Å². The molecule has 7 nitrogen and oxygen atoms in total. The van der Waals surface area contributed by atoms with Crippen molar-refractivity contribution in [2.75, 3.05) is 34.3 Å². The molecule has 0 heterocycles. The number of aliphatic imine (C=N–C) groups is 1. The summed E-state index contributed by atoms with van der Waals surface area (Å²) < 4.78 is 11.3. The predicted molar refractivity (Wildman–Crippen MR) is 120 cm³/mol. The van der Waals surface area contributed by atoms with Gasteiger partial charge in [0.05, 0.1) is 20.2 Å². The van der Waals surface area contributed by atoms with Crippen LogP contribution in [0.4, 0.5) is 0 Å². The second kappa shape index (κ2) is 11.7. The van der Waals surface area contributed by atoms with Gasteiger partial charge in [-0.2, -0.15) is 0 Å². The summed E-state index contributed by atoms with van der Waals surface area (Å²) >= 11 is 0. The molecule has 0 aliphatic rings. The topological polar surface area (TPSA) is 75.2 Å². The summed E-state index contributed by atoms with van der Waals surface area (Å²) in [5.74, 6) is 2.12. The number of methoxy groups -OCH3 is 1. The van der Waals surface area contributed by atoms with Crippen LogP contribution in [0.15, 0.2) is 53.5 Å². The van der Waals surface area contributed by atoms with Crippen LogP contribution in [0.1, 0.15) is 29.8 Å². The largest absolute Gasteiger partial charge is 0.493 e. The third-order valence-electron chi connectivity index (χ3n) is 4.33. The minimum atomic E-state index is -0.0820. The SMILES string of the molecule is CCNC(=NCc1ccc(C(=O)N(C)C)cc1)NCC(C)Oc1ccccc1OC. The summed E-state index contributed by atoms with van der Waals surface area (Å²) in [5.41, 5.74) is 1.70. The fourth-order valence-electron chi connectivity index (χ4n) is 2.74. The van der Waals surface area contributed by atoms with Crippen molar-refractivity contribution in [1.82, 2.24) is 15.5 Å². The Bertz CT molecular complexity index is 835. The van der Waals surface area contributed by atoms with Crippen molar-refractivity contribution in [3.8, 4) is 11.5 Å². The van der Waals surface area contributed by atoms with Crippen molar-refractivity contribution in [1.29, 1.82) is 0 Å². The zero-order valence-electron chi connectivity index (χ0n) is 18.4. The fourth-order valence-corrected chi connectivity index (χ4v) is 2.74. The molecular formula is C23H32N4O3. The average Bonchev–Trinajstić information content (AvgIpc) is 2.75. The van der Waals surface area contributed by atoms with Crippen LogP contribution in [0.5, 0.6) is 11.5 Å². The Kier molecular flexibility index (Phi) is 9.00. The molecule has 0 saturated heterocycles. The lowest BCUT2D eigenvalue weighted by Gasteiger charge is -2.19. The number of para-hydroxylation sites is 2. The minimum Gasteiger partial charge on any atom is -0.493 e. The molecule has 2 aromatic rings. The summed E-state index contributed by atoms with van der Waals surface area (Å²) in [6.07, 6.45) is -0.0820. The van der Waals surface area contributed by atoms with Crippen molar-refractivity contribution in [3.63, 3.8) is 0 Å². The zero-order chi connectivity index (χ0) is 21.9. The lowest BCUT2D eigenvalue weighted by Crippen LogP contribution is -2.41. The van der Waals surface area contributed by atoms with Crippen LogP contribution in [0.25, 0.3) is 0 Å². The highest BCUT2D eigenvalue weighted by Gasteiger charge is 2.10. The van der Waals surface area contributed by atoms with E-state index in [-0.39, 0.29) is 12.0 Å². The molecular weight excluding hydrogens is 380 g/mol. The molecule has 2 rings (SSSR count). The summed E-state index contributed by atoms with van der Waals surface area (Å²) in [6.45, 7) is 5.86. The van der Waals surface area contributed by atoms with E-state index in [0.29, 0.717) is 36.1 Å². The first-order valence-electron chi connectivity index (χ1n) is 10.1. The smallest absolute Gasteiger partial charge is 0.253 e. The third kappa shape index (κ3) is 6.99. The fraction of sp³-hybridized carbons (Fsp3) is 0.391. The van der Waals surface area contributed by atoms with Gasteiger partial charge in [0.1, 0.15) is 6.10 Å². The molecule has 162 valence electrons. The number of carbonyl (C=O) groups excluding carboxylic acids is 1. The number of benzene rings is 2. The Labute approximate surface area is 179 Å². The molecule has 7 heteroatoms. The highest BCUT2D eigenvalue weighted by atomic mass is 16.5. The number of hydrogen-bond donors (Lipinski definition) is 2. The van der Waals surface area contributed by atoms with E-state index in [1.807, 2.05) is 62.4 Å². The minimum absolute atomic E-state index is 0.0101. The maximum Gasteiger partial charge on any atom is 0.253 e. The zero-order valence-corrected chi connectivity index (χ0v) is 18.4. The molecule has 0 aliphatic heterocycles. The number of nitrogens with zero attached hydrogens (tertiary/aromatic N) is 2. The molecule has 0 bridgehead atoms. The van der Waals surface area contributed by atoms with E-state index in [2.05, 4.69) is 15.6 Å². The number of hydrogen-bond acceptors (Lipinski definition) is 4. The second-order valence-corrected chi connectivity index (χ2v) is 7.05. The number of amides is 1. The molecule has 0 fully saturated rings. The molecule has 0 saturated carbocycles. The number of guanidine groups is 1. The van der Waals surface area contributed by atoms with E-state index in [1.165, 1.54) is 0 Å². The van der Waals surface area contributed by atoms with Gasteiger partial charge in [-0.25, -0.2) is 4.99 Å². The number of ether oxygens (including phenoxy) is 2. The first-order chi connectivity index (χ1) is 14.4. The Morgan fingerprint density at radius 3 is 2.33 bits per heavy atom. The molecule has 0 aliphatic carbocycles. The van der Waals surface area contributed by atoms with Crippen molar-refractivity contribution < 1.29 is 14.3 Å². The Morgan fingerprint density at radius 1 is 1.07 bits per heavy atom. The summed E-state index contributed by atoms with van der Waals surface area (Å²) in [5, 5.41) is 6.54. The summed E-state index contributed by atoms with van der Waals surface area (Å²) in [6, 6.07) is 15.1. The highest BCUT2D eigenvalue weighted by Crippen LogP contribution is 2.26. The van der Waals surface area contributed by atoms with Gasteiger partial charge in [0.25, 0.3) is 5.91 Å². The van der Waals surface area contributed by atoms with Crippen LogP contribution in [0.2, 0.25) is 0 Å². The number of nitrogens with one attached hydrogen (secondary N) is 2. The normalized spacial score (nSPS) is 12.1. The van der Waals surface area contributed by atoms with Crippen molar-refractivity contribution in [3.05, 3.63) is 59.7 Å². The van der Waals surface area contributed by atoms with Gasteiger partial charge in [0.15, 0.2) is 17.5 Å². The number of carbonyl (C=O) groups is 1. The van der Waals surface area contributed by atoms with Crippen molar-refractivity contribution in [2.24, 2.45) is 4.99 Å². The van der Waals surface area contributed by atoms with E-state index in [4.69, 9.17) is 9.47 Å². The van der Waals surface area contributed by atoms with E-state index >= 15 is 0 Å². The molecule has 1 amide bonds. The lowest BCUT2D eigenvalue weighted by molar-refractivity contribution is 0.0827. The van der Waals surface area contributed by atoms with Crippen LogP contribution in [0, 0.1) is 0 Å². The molecule has 0 radical (unpaired) electrons. The van der Waals surface area contributed by atoms with Crippen molar-refractivity contribution in [2.45, 2.75) is 26.5 Å². The van der Waals surface area contributed by atoms with Gasteiger partial charge in [0, 0.05) is 26.2 Å². The first-order valence-corrected chi connectivity index (χ1v) is 10.1. The molecule has 0 aromatic heterocycles. The van der Waals surface area contributed by atoms with Crippen molar-refractivity contribution >= 4 is 11.9 Å². The van der Waals surface area contributed by atoms with E-state index in [9.17, 15) is 4.79 Å². The summed E-state index contributed by atoms with van der Waals surface area (Å²) in [4.78, 5) is 18.2. The van der Waals surface area contributed by atoms with Gasteiger partial charge < -0.3 is 25.0 Å². The van der Waals surface area contributed by atoms with E-state index in [1.54, 1.807) is 26.1 Å². The average molecular weight is 413 g/mol. The van der Waals surface area contributed by atoms with Gasteiger partial charge in [-0.3, -0.25) is 4.79 Å². The molecule has 0 spiro atoms. The van der Waals surface area contributed by atoms with E-state index in [0.717, 1.165) is 12.1 Å². The molecule has 2 aromatic carbocycles. The molecule has 30 heavy (non-hydrogen) atoms. The number of rotatable bonds is 9. The van der Waals surface area contributed by atoms with Crippen LogP contribution < -0.4 is 20.1 Å². The van der Waals surface area contributed by atoms with Crippen LogP contribution in [-0.4, -0.2) is 57.2 Å². The van der Waals surface area contributed by atoms with E-state index < -0.39 is 0 Å². The second-order valence-electron chi connectivity index (χ2n) is 7.05. The van der Waals surface area contributed by atoms with Gasteiger partial charge in [-0.1, -0.05) is 24.3 Å². The molecule has 2 N–H and O–H groups in total. The Balaban J connectivity index is 1.93.